The molecule has 2 heterocycles. The van der Waals surface area contributed by atoms with Crippen LogP contribution in [-0.2, 0) is 0 Å². The van der Waals surface area contributed by atoms with Gasteiger partial charge in [0.2, 0.25) is 5.13 Å². The summed E-state index contributed by atoms with van der Waals surface area (Å²) in [5.41, 5.74) is 0. The minimum atomic E-state index is 0.549. The first kappa shape index (κ1) is 13.7. The van der Waals surface area contributed by atoms with Crippen molar-refractivity contribution >= 4 is 16.7 Å². The van der Waals surface area contributed by atoms with Gasteiger partial charge >= 0.3 is 0 Å². The molecule has 1 N–H and O–H groups in total. The summed E-state index contributed by atoms with van der Waals surface area (Å²) in [6, 6.07) is 0.549. The maximum Gasteiger partial charge on any atom is 0.202 e. The van der Waals surface area contributed by atoms with E-state index in [9.17, 15) is 0 Å². The fourth-order valence-electron chi connectivity index (χ4n) is 2.25. The van der Waals surface area contributed by atoms with Gasteiger partial charge in [0.15, 0.2) is 0 Å². The summed E-state index contributed by atoms with van der Waals surface area (Å²) >= 11 is 1.44. The largest absolute Gasteiger partial charge is 0.359 e. The first-order valence-electron chi connectivity index (χ1n) is 6.69. The van der Waals surface area contributed by atoms with Gasteiger partial charge in [0.1, 0.15) is 5.82 Å². The van der Waals surface area contributed by atoms with E-state index in [-0.39, 0.29) is 0 Å². The average Bonchev–Trinajstić information content (AvgIpc) is 2.82. The lowest BCUT2D eigenvalue weighted by Crippen LogP contribution is -2.50. The highest BCUT2D eigenvalue weighted by Crippen LogP contribution is 2.11. The van der Waals surface area contributed by atoms with Crippen molar-refractivity contribution in [1.82, 2.24) is 19.2 Å². The van der Waals surface area contributed by atoms with E-state index in [1.165, 1.54) is 44.3 Å². The summed E-state index contributed by atoms with van der Waals surface area (Å²) in [6.45, 7) is 13.3. The maximum absolute atomic E-state index is 4.32. The highest BCUT2D eigenvalue weighted by atomic mass is 32.1. The van der Waals surface area contributed by atoms with Gasteiger partial charge in [0, 0.05) is 50.3 Å². The zero-order valence-corrected chi connectivity index (χ0v) is 12.3. The molecule has 0 saturated carbocycles. The van der Waals surface area contributed by atoms with Crippen LogP contribution in [-0.4, -0.2) is 64.5 Å². The molecule has 5 nitrogen and oxygen atoms in total. The van der Waals surface area contributed by atoms with E-state index in [0.717, 1.165) is 17.5 Å². The lowest BCUT2D eigenvalue weighted by molar-refractivity contribution is 0.110. The van der Waals surface area contributed by atoms with Crippen molar-refractivity contribution in [3.8, 4) is 0 Å². The van der Waals surface area contributed by atoms with E-state index in [4.69, 9.17) is 0 Å². The molecule has 1 saturated heterocycles. The van der Waals surface area contributed by atoms with Crippen LogP contribution in [0.1, 0.15) is 19.7 Å². The van der Waals surface area contributed by atoms with Gasteiger partial charge in [-0.15, -0.1) is 0 Å². The number of piperazine rings is 1. The molecule has 6 heteroatoms. The number of nitrogens with zero attached hydrogens (tertiary/aromatic N) is 4. The molecule has 2 rings (SSSR count). The van der Waals surface area contributed by atoms with E-state index in [1.54, 1.807) is 0 Å². The Hall–Kier alpha value is -0.720. The Morgan fingerprint density at radius 3 is 2.61 bits per heavy atom. The molecule has 1 aromatic rings. The van der Waals surface area contributed by atoms with Crippen LogP contribution >= 0.6 is 11.5 Å². The smallest absolute Gasteiger partial charge is 0.202 e. The molecule has 0 radical (unpaired) electrons. The molecule has 0 aliphatic carbocycles. The third-order valence-electron chi connectivity index (χ3n) is 3.55. The Morgan fingerprint density at radius 1 is 1.33 bits per heavy atom. The van der Waals surface area contributed by atoms with Crippen LogP contribution in [0.15, 0.2) is 0 Å². The minimum Gasteiger partial charge on any atom is -0.359 e. The van der Waals surface area contributed by atoms with Gasteiger partial charge in [-0.3, -0.25) is 4.90 Å². The first-order valence-corrected chi connectivity index (χ1v) is 7.47. The quantitative estimate of drug-likeness (QED) is 0.872. The average molecular weight is 269 g/mol. The van der Waals surface area contributed by atoms with Crippen LogP contribution in [0, 0.1) is 6.92 Å². The van der Waals surface area contributed by atoms with Crippen molar-refractivity contribution in [2.45, 2.75) is 26.8 Å². The van der Waals surface area contributed by atoms with Crippen molar-refractivity contribution in [3.05, 3.63) is 5.82 Å². The fourth-order valence-corrected chi connectivity index (χ4v) is 2.83. The number of anilines is 1. The molecule has 1 atom stereocenters. The zero-order chi connectivity index (χ0) is 13.0. The topological polar surface area (TPSA) is 44.3 Å². The maximum atomic E-state index is 4.32. The molecular weight excluding hydrogens is 246 g/mol. The normalized spacial score (nSPS) is 19.9. The number of nitrogens with one attached hydrogen (secondary N) is 1. The summed E-state index contributed by atoms with van der Waals surface area (Å²) in [6.07, 6.45) is 0. The first-order chi connectivity index (χ1) is 8.69. The van der Waals surface area contributed by atoms with Crippen molar-refractivity contribution in [3.63, 3.8) is 0 Å². The summed E-state index contributed by atoms with van der Waals surface area (Å²) in [5, 5.41) is 4.31. The molecule has 1 aromatic heterocycles. The van der Waals surface area contributed by atoms with Gasteiger partial charge in [-0.25, -0.2) is 4.98 Å². The Kier molecular flexibility index (Phi) is 4.91. The second-order valence-electron chi connectivity index (χ2n) is 4.85. The van der Waals surface area contributed by atoms with Gasteiger partial charge in [-0.1, -0.05) is 6.92 Å². The second-order valence-corrected chi connectivity index (χ2v) is 5.60. The van der Waals surface area contributed by atoms with Gasteiger partial charge in [0.25, 0.3) is 0 Å². The molecule has 102 valence electrons. The summed E-state index contributed by atoms with van der Waals surface area (Å²) in [7, 11) is 0. The zero-order valence-electron chi connectivity index (χ0n) is 11.5. The van der Waals surface area contributed by atoms with Gasteiger partial charge < -0.3 is 10.2 Å². The monoisotopic (exact) mass is 269 g/mol. The number of likely N-dealkylation sites (N-methyl/N-ethyl adjacent to an activating group) is 1. The van der Waals surface area contributed by atoms with E-state index >= 15 is 0 Å². The van der Waals surface area contributed by atoms with Gasteiger partial charge in [-0.2, -0.15) is 4.37 Å². The molecule has 1 aliphatic rings. The van der Waals surface area contributed by atoms with Crippen molar-refractivity contribution in [2.75, 3.05) is 44.6 Å². The van der Waals surface area contributed by atoms with Crippen LogP contribution in [0.3, 0.4) is 0 Å². The summed E-state index contributed by atoms with van der Waals surface area (Å²) < 4.78 is 4.18. The molecule has 0 unspecified atom stereocenters. The highest BCUT2D eigenvalue weighted by Gasteiger charge is 2.20. The Morgan fingerprint density at radius 2 is 2.06 bits per heavy atom. The predicted octanol–water partition coefficient (Wildman–Crippen LogP) is 1.28. The Labute approximate surface area is 113 Å². The van der Waals surface area contributed by atoms with Gasteiger partial charge in [0.05, 0.1) is 0 Å². The number of aryl methyl sites for hydroxylation is 1. The van der Waals surface area contributed by atoms with E-state index in [1.807, 2.05) is 6.92 Å². The molecule has 0 amide bonds. The summed E-state index contributed by atoms with van der Waals surface area (Å²) in [4.78, 5) is 9.38. The third-order valence-corrected chi connectivity index (χ3v) is 4.32. The van der Waals surface area contributed by atoms with E-state index in [0.29, 0.717) is 6.04 Å². The van der Waals surface area contributed by atoms with Crippen molar-refractivity contribution in [1.29, 1.82) is 0 Å². The van der Waals surface area contributed by atoms with Crippen molar-refractivity contribution < 1.29 is 0 Å². The van der Waals surface area contributed by atoms with Crippen LogP contribution in [0.25, 0.3) is 0 Å². The van der Waals surface area contributed by atoms with Crippen LogP contribution in [0.2, 0.25) is 0 Å². The van der Waals surface area contributed by atoms with Crippen LogP contribution in [0.4, 0.5) is 5.13 Å². The minimum absolute atomic E-state index is 0.549. The summed E-state index contributed by atoms with van der Waals surface area (Å²) in [5.74, 6) is 0.853. The molecule has 0 aromatic carbocycles. The molecule has 0 bridgehead atoms. The number of hydrogen-bond acceptors (Lipinski definition) is 6. The molecule has 0 spiro atoms. The van der Waals surface area contributed by atoms with Gasteiger partial charge in [-0.05, 0) is 20.4 Å². The van der Waals surface area contributed by atoms with E-state index < -0.39 is 0 Å². The Bertz CT molecular complexity index is 359. The number of rotatable bonds is 5. The van der Waals surface area contributed by atoms with Crippen LogP contribution < -0.4 is 5.32 Å². The van der Waals surface area contributed by atoms with Crippen molar-refractivity contribution in [2.24, 2.45) is 0 Å². The molecule has 1 fully saturated rings. The number of aromatic nitrogens is 2. The molecule has 18 heavy (non-hydrogen) atoms. The predicted molar refractivity (Wildman–Crippen MR) is 76.3 cm³/mol. The third kappa shape index (κ3) is 3.63. The highest BCUT2D eigenvalue weighted by molar-refractivity contribution is 7.09. The lowest BCUT2D eigenvalue weighted by atomic mass is 10.2. The second kappa shape index (κ2) is 6.45. The van der Waals surface area contributed by atoms with E-state index in [2.05, 4.69) is 38.3 Å². The molecular formula is C12H23N5S. The SMILES string of the molecule is CCN1CCN([C@H](C)CNc2nc(C)ns2)CC1. The standard InChI is InChI=1S/C12H23N5S/c1-4-16-5-7-17(8-6-16)10(2)9-13-12-14-11(3)15-18-12/h10H,4-9H2,1-3H3,(H,13,14,15)/t10-/m1/s1. The Balaban J connectivity index is 1.73. The number of hydrogen-bond donors (Lipinski definition) is 1. The lowest BCUT2D eigenvalue weighted by Gasteiger charge is -2.37. The molecule has 1 aliphatic heterocycles. The van der Waals surface area contributed by atoms with Crippen LogP contribution in [0.5, 0.6) is 0 Å². The fraction of sp³-hybridized carbons (Fsp3) is 0.833.